The van der Waals surface area contributed by atoms with Gasteiger partial charge in [0.2, 0.25) is 10.0 Å². The Hall–Kier alpha value is -0.620. The van der Waals surface area contributed by atoms with Crippen molar-refractivity contribution in [2.24, 2.45) is 11.7 Å². The number of aryl methyl sites for hydroxylation is 2. The van der Waals surface area contributed by atoms with E-state index in [2.05, 4.69) is 4.72 Å². The average Bonchev–Trinajstić information content (AvgIpc) is 3.14. The van der Waals surface area contributed by atoms with Gasteiger partial charge in [-0.1, -0.05) is 18.9 Å². The summed E-state index contributed by atoms with van der Waals surface area (Å²) in [5.74, 6) is 0.388. The van der Waals surface area contributed by atoms with Crippen molar-refractivity contribution < 1.29 is 8.42 Å². The third-order valence-corrected chi connectivity index (χ3v) is 6.40. The largest absolute Gasteiger partial charge is 0.329 e. The molecule has 0 amide bonds. The van der Waals surface area contributed by atoms with E-state index in [1.807, 2.05) is 12.1 Å². The summed E-state index contributed by atoms with van der Waals surface area (Å²) in [7, 11) is -3.46. The molecule has 0 heterocycles. The van der Waals surface area contributed by atoms with E-state index in [4.69, 9.17) is 5.73 Å². The molecule has 2 aliphatic carbocycles. The zero-order valence-electron chi connectivity index (χ0n) is 12.8. The van der Waals surface area contributed by atoms with E-state index in [0.717, 1.165) is 32.1 Å². The highest BCUT2D eigenvalue weighted by Crippen LogP contribution is 2.29. The number of fused-ring (bicyclic) bond motifs is 1. The molecule has 0 saturated heterocycles. The van der Waals surface area contributed by atoms with Gasteiger partial charge in [-0.2, -0.15) is 0 Å². The molecule has 22 heavy (non-hydrogen) atoms. The number of hydrogen-bond donors (Lipinski definition) is 2. The first kappa shape index (κ1) is 17.7. The molecule has 1 atom stereocenters. The molecule has 0 spiro atoms. The normalized spacial score (nSPS) is 19.7. The second-order valence-electron chi connectivity index (χ2n) is 6.29. The van der Waals surface area contributed by atoms with Crippen LogP contribution in [0.4, 0.5) is 0 Å². The second kappa shape index (κ2) is 7.30. The quantitative estimate of drug-likeness (QED) is 0.861. The van der Waals surface area contributed by atoms with E-state index in [-0.39, 0.29) is 18.4 Å². The maximum atomic E-state index is 12.6. The van der Waals surface area contributed by atoms with Gasteiger partial charge < -0.3 is 5.73 Å². The molecule has 0 aliphatic heterocycles. The Morgan fingerprint density at radius 2 is 1.82 bits per heavy atom. The second-order valence-corrected chi connectivity index (χ2v) is 8.01. The van der Waals surface area contributed by atoms with Gasteiger partial charge >= 0.3 is 0 Å². The molecule has 1 aromatic carbocycles. The van der Waals surface area contributed by atoms with Crippen molar-refractivity contribution in [1.82, 2.24) is 4.72 Å². The van der Waals surface area contributed by atoms with Crippen LogP contribution in [0.5, 0.6) is 0 Å². The van der Waals surface area contributed by atoms with Crippen LogP contribution in [0.1, 0.15) is 43.2 Å². The summed E-state index contributed by atoms with van der Waals surface area (Å²) < 4.78 is 28.0. The Labute approximate surface area is 139 Å². The van der Waals surface area contributed by atoms with E-state index in [9.17, 15) is 8.42 Å². The monoisotopic (exact) mass is 344 g/mol. The molecule has 1 saturated carbocycles. The molecule has 0 bridgehead atoms. The fraction of sp³-hybridized carbons (Fsp3) is 0.625. The van der Waals surface area contributed by atoms with E-state index >= 15 is 0 Å². The van der Waals surface area contributed by atoms with Crippen LogP contribution in [0.25, 0.3) is 0 Å². The minimum atomic E-state index is -3.46. The predicted molar refractivity (Wildman–Crippen MR) is 90.8 cm³/mol. The zero-order valence-corrected chi connectivity index (χ0v) is 14.4. The highest BCUT2D eigenvalue weighted by Gasteiger charge is 2.28. The lowest BCUT2D eigenvalue weighted by Gasteiger charge is -2.23. The van der Waals surface area contributed by atoms with E-state index in [1.165, 1.54) is 24.0 Å². The molecule has 1 fully saturated rings. The van der Waals surface area contributed by atoms with Gasteiger partial charge in [-0.25, -0.2) is 13.1 Å². The fourth-order valence-electron chi connectivity index (χ4n) is 3.68. The van der Waals surface area contributed by atoms with Gasteiger partial charge in [-0.15, -0.1) is 12.4 Å². The lowest BCUT2D eigenvalue weighted by molar-refractivity contribution is 0.405. The third-order valence-electron chi connectivity index (χ3n) is 4.91. The Kier molecular flexibility index (Phi) is 5.88. The Morgan fingerprint density at radius 1 is 1.14 bits per heavy atom. The van der Waals surface area contributed by atoms with Crippen molar-refractivity contribution in [1.29, 1.82) is 0 Å². The first-order chi connectivity index (χ1) is 10.1. The van der Waals surface area contributed by atoms with Crippen molar-refractivity contribution in [2.75, 3.05) is 6.54 Å². The summed E-state index contributed by atoms with van der Waals surface area (Å²) in [6.07, 6.45) is 7.70. The molecule has 3 rings (SSSR count). The van der Waals surface area contributed by atoms with Crippen molar-refractivity contribution >= 4 is 22.4 Å². The number of nitrogens with one attached hydrogen (secondary N) is 1. The van der Waals surface area contributed by atoms with Crippen LogP contribution >= 0.6 is 12.4 Å². The summed E-state index contributed by atoms with van der Waals surface area (Å²) in [6, 6.07) is 5.40. The summed E-state index contributed by atoms with van der Waals surface area (Å²) in [4.78, 5) is 0.389. The third kappa shape index (κ3) is 3.65. The standard InChI is InChI=1S/C16H24N2O2S.ClH/c17-11-16(13-4-1-2-5-13)18-21(19,20)15-9-8-12-6-3-7-14(12)10-15;/h8-10,13,16,18H,1-7,11,17H2;1H. The zero-order chi connectivity index (χ0) is 14.9. The molecular formula is C16H25ClN2O2S. The van der Waals surface area contributed by atoms with Gasteiger partial charge in [0.05, 0.1) is 4.90 Å². The molecule has 0 aromatic heterocycles. The molecular weight excluding hydrogens is 320 g/mol. The van der Waals surface area contributed by atoms with E-state index in [1.54, 1.807) is 6.07 Å². The van der Waals surface area contributed by atoms with Crippen molar-refractivity contribution in [3.63, 3.8) is 0 Å². The summed E-state index contributed by atoms with van der Waals surface area (Å²) in [5, 5.41) is 0. The molecule has 2 aliphatic rings. The van der Waals surface area contributed by atoms with Crippen LogP contribution in [0, 0.1) is 5.92 Å². The van der Waals surface area contributed by atoms with Gasteiger partial charge in [0.1, 0.15) is 0 Å². The predicted octanol–water partition coefficient (Wildman–Crippen LogP) is 2.39. The van der Waals surface area contributed by atoms with Crippen LogP contribution in [-0.2, 0) is 22.9 Å². The molecule has 6 heteroatoms. The topological polar surface area (TPSA) is 72.2 Å². The van der Waals surface area contributed by atoms with Crippen molar-refractivity contribution in [3.05, 3.63) is 29.3 Å². The highest BCUT2D eigenvalue weighted by molar-refractivity contribution is 7.89. The smallest absolute Gasteiger partial charge is 0.240 e. The average molecular weight is 345 g/mol. The lowest BCUT2D eigenvalue weighted by atomic mass is 9.99. The van der Waals surface area contributed by atoms with Gasteiger partial charge in [0.25, 0.3) is 0 Å². The van der Waals surface area contributed by atoms with E-state index < -0.39 is 10.0 Å². The van der Waals surface area contributed by atoms with Crippen molar-refractivity contribution in [2.45, 2.75) is 55.9 Å². The minimum Gasteiger partial charge on any atom is -0.329 e. The van der Waals surface area contributed by atoms with Crippen LogP contribution in [0.3, 0.4) is 0 Å². The van der Waals surface area contributed by atoms with E-state index in [0.29, 0.717) is 17.4 Å². The van der Waals surface area contributed by atoms with Gasteiger partial charge in [-0.3, -0.25) is 0 Å². The maximum absolute atomic E-state index is 12.6. The van der Waals surface area contributed by atoms with Crippen molar-refractivity contribution in [3.8, 4) is 0 Å². The number of benzene rings is 1. The number of halogens is 1. The molecule has 124 valence electrons. The van der Waals surface area contributed by atoms with Gasteiger partial charge in [0, 0.05) is 12.6 Å². The Balaban J connectivity index is 0.00000176. The fourth-order valence-corrected chi connectivity index (χ4v) is 5.05. The minimum absolute atomic E-state index is 0. The summed E-state index contributed by atoms with van der Waals surface area (Å²) in [5.41, 5.74) is 8.28. The first-order valence-electron chi connectivity index (χ1n) is 7.94. The number of nitrogens with two attached hydrogens (primary N) is 1. The van der Waals surface area contributed by atoms with Crippen LogP contribution in [0.2, 0.25) is 0 Å². The first-order valence-corrected chi connectivity index (χ1v) is 9.42. The van der Waals surface area contributed by atoms with Crippen LogP contribution in [0.15, 0.2) is 23.1 Å². The maximum Gasteiger partial charge on any atom is 0.240 e. The number of rotatable bonds is 5. The number of sulfonamides is 1. The number of hydrogen-bond acceptors (Lipinski definition) is 3. The van der Waals surface area contributed by atoms with Crippen LogP contribution in [-0.4, -0.2) is 21.0 Å². The lowest BCUT2D eigenvalue weighted by Crippen LogP contribution is -2.44. The van der Waals surface area contributed by atoms with Crippen LogP contribution < -0.4 is 10.5 Å². The molecule has 1 aromatic rings. The SMILES string of the molecule is Cl.NCC(NS(=O)(=O)c1ccc2c(c1)CCC2)C1CCCC1. The Morgan fingerprint density at radius 3 is 2.50 bits per heavy atom. The Bertz CT molecular complexity index is 613. The highest BCUT2D eigenvalue weighted by atomic mass is 35.5. The molecule has 4 nitrogen and oxygen atoms in total. The molecule has 3 N–H and O–H groups in total. The summed E-state index contributed by atoms with van der Waals surface area (Å²) >= 11 is 0. The summed E-state index contributed by atoms with van der Waals surface area (Å²) in [6.45, 7) is 0.370. The molecule has 1 unspecified atom stereocenters. The van der Waals surface area contributed by atoms with Gasteiger partial charge in [-0.05, 0) is 61.3 Å². The molecule has 0 radical (unpaired) electrons. The van der Waals surface area contributed by atoms with Gasteiger partial charge in [0.15, 0.2) is 0 Å².